The molecule has 1 aromatic heterocycles. The first-order chi connectivity index (χ1) is 13.7. The number of amides is 1. The zero-order valence-electron chi connectivity index (χ0n) is 15.1. The van der Waals surface area contributed by atoms with E-state index >= 15 is 0 Å². The van der Waals surface area contributed by atoms with Crippen LogP contribution in [0.3, 0.4) is 0 Å². The van der Waals surface area contributed by atoms with Crippen molar-refractivity contribution in [3.05, 3.63) is 106 Å². The van der Waals surface area contributed by atoms with Crippen molar-refractivity contribution in [1.29, 1.82) is 0 Å². The molecule has 5 heteroatoms. The van der Waals surface area contributed by atoms with E-state index in [2.05, 4.69) is 0 Å². The van der Waals surface area contributed by atoms with Gasteiger partial charge in [-0.1, -0.05) is 54.6 Å². The van der Waals surface area contributed by atoms with Crippen LogP contribution in [-0.2, 0) is 13.1 Å². The Kier molecular flexibility index (Phi) is 3.79. The Balaban J connectivity index is 1.75. The van der Waals surface area contributed by atoms with Crippen LogP contribution in [-0.4, -0.2) is 20.4 Å². The van der Waals surface area contributed by atoms with Crippen molar-refractivity contribution in [2.75, 3.05) is 0 Å². The van der Waals surface area contributed by atoms with Gasteiger partial charge in [-0.2, -0.15) is 0 Å². The minimum Gasteiger partial charge on any atom is -0.327 e. The van der Waals surface area contributed by atoms with Crippen LogP contribution in [0.2, 0.25) is 0 Å². The SMILES string of the molecule is O=C1c2ccccc2-n2c(nc3ccccc3c2=O)CN1Cc1ccccc1. The van der Waals surface area contributed by atoms with E-state index in [9.17, 15) is 9.59 Å². The summed E-state index contributed by atoms with van der Waals surface area (Å²) in [5.41, 5.74) is 2.62. The molecule has 0 fully saturated rings. The third-order valence-corrected chi connectivity index (χ3v) is 5.06. The summed E-state index contributed by atoms with van der Waals surface area (Å²) >= 11 is 0. The number of carbonyl (C=O) groups excluding carboxylic acids is 1. The lowest BCUT2D eigenvalue weighted by atomic mass is 10.1. The Morgan fingerprint density at radius 3 is 2.39 bits per heavy atom. The smallest absolute Gasteiger partial charge is 0.266 e. The molecule has 2 heterocycles. The summed E-state index contributed by atoms with van der Waals surface area (Å²) in [7, 11) is 0. The van der Waals surface area contributed by atoms with Crippen LogP contribution in [0.4, 0.5) is 0 Å². The Morgan fingerprint density at radius 1 is 0.821 bits per heavy atom. The van der Waals surface area contributed by atoms with Gasteiger partial charge < -0.3 is 4.90 Å². The normalized spacial score (nSPS) is 13.1. The van der Waals surface area contributed by atoms with Gasteiger partial charge in [0, 0.05) is 6.54 Å². The van der Waals surface area contributed by atoms with Crippen LogP contribution in [0.5, 0.6) is 0 Å². The number of benzene rings is 3. The van der Waals surface area contributed by atoms with Gasteiger partial charge in [0.1, 0.15) is 5.82 Å². The summed E-state index contributed by atoms with van der Waals surface area (Å²) in [6.07, 6.45) is 0. The molecule has 136 valence electrons. The number of aromatic nitrogens is 2. The molecule has 28 heavy (non-hydrogen) atoms. The van der Waals surface area contributed by atoms with Gasteiger partial charge in [-0.15, -0.1) is 0 Å². The first kappa shape index (κ1) is 16.4. The molecular formula is C23H17N3O2. The van der Waals surface area contributed by atoms with Gasteiger partial charge in [0.05, 0.1) is 28.7 Å². The lowest BCUT2D eigenvalue weighted by Crippen LogP contribution is -2.30. The molecule has 0 N–H and O–H groups in total. The molecule has 0 aliphatic carbocycles. The standard InChI is InChI=1S/C23H17N3O2/c27-22-18-11-5-7-13-20(18)26-21(15-25(22)14-16-8-2-1-3-9-16)24-19-12-6-4-10-17(19)23(26)28/h1-13H,14-15H2. The second-order valence-corrected chi connectivity index (χ2v) is 6.85. The number of carbonyl (C=O) groups is 1. The Labute approximate surface area is 161 Å². The number of hydrogen-bond donors (Lipinski definition) is 0. The van der Waals surface area contributed by atoms with Crippen molar-refractivity contribution in [2.45, 2.75) is 13.1 Å². The summed E-state index contributed by atoms with van der Waals surface area (Å²) in [5.74, 6) is 0.464. The van der Waals surface area contributed by atoms with Gasteiger partial charge >= 0.3 is 0 Å². The lowest BCUT2D eigenvalue weighted by molar-refractivity contribution is 0.0731. The molecule has 0 spiro atoms. The Bertz CT molecular complexity index is 1260. The molecule has 0 atom stereocenters. The third kappa shape index (κ3) is 2.60. The van der Waals surface area contributed by atoms with E-state index in [0.717, 1.165) is 5.56 Å². The molecule has 0 unspecified atom stereocenters. The highest BCUT2D eigenvalue weighted by Crippen LogP contribution is 2.24. The van der Waals surface area contributed by atoms with Crippen LogP contribution in [0.25, 0.3) is 16.6 Å². The van der Waals surface area contributed by atoms with E-state index < -0.39 is 0 Å². The van der Waals surface area contributed by atoms with Crippen molar-refractivity contribution < 1.29 is 4.79 Å². The molecule has 3 aromatic carbocycles. The molecule has 1 aliphatic heterocycles. The van der Waals surface area contributed by atoms with Crippen molar-refractivity contribution in [3.63, 3.8) is 0 Å². The first-order valence-electron chi connectivity index (χ1n) is 9.15. The predicted molar refractivity (Wildman–Crippen MR) is 107 cm³/mol. The van der Waals surface area contributed by atoms with Gasteiger partial charge in [0.15, 0.2) is 0 Å². The number of fused-ring (bicyclic) bond motifs is 4. The predicted octanol–water partition coefficient (Wildman–Crippen LogP) is 3.54. The van der Waals surface area contributed by atoms with E-state index in [1.807, 2.05) is 60.7 Å². The molecule has 5 rings (SSSR count). The molecule has 1 amide bonds. The highest BCUT2D eigenvalue weighted by molar-refractivity contribution is 5.98. The van der Waals surface area contributed by atoms with Crippen molar-refractivity contribution in [2.24, 2.45) is 0 Å². The Hall–Kier alpha value is -3.73. The molecule has 0 saturated heterocycles. The van der Waals surface area contributed by atoms with Crippen LogP contribution in [0.15, 0.2) is 83.7 Å². The quantitative estimate of drug-likeness (QED) is 0.545. The first-order valence-corrected chi connectivity index (χ1v) is 9.15. The van der Waals surface area contributed by atoms with Crippen molar-refractivity contribution >= 4 is 16.8 Å². The van der Waals surface area contributed by atoms with Crippen LogP contribution < -0.4 is 5.56 Å². The van der Waals surface area contributed by atoms with Crippen molar-refractivity contribution in [3.8, 4) is 5.69 Å². The summed E-state index contributed by atoms with van der Waals surface area (Å²) in [5, 5.41) is 0.546. The van der Waals surface area contributed by atoms with E-state index in [1.165, 1.54) is 0 Å². The average Bonchev–Trinajstić information content (AvgIpc) is 2.84. The zero-order chi connectivity index (χ0) is 19.1. The number of nitrogens with zero attached hydrogens (tertiary/aromatic N) is 3. The summed E-state index contributed by atoms with van der Waals surface area (Å²) in [6.45, 7) is 0.721. The minimum atomic E-state index is -0.151. The molecule has 4 aromatic rings. The second kappa shape index (κ2) is 6.46. The maximum absolute atomic E-state index is 13.3. The van der Waals surface area contributed by atoms with E-state index in [0.29, 0.717) is 34.5 Å². The van der Waals surface area contributed by atoms with Crippen LogP contribution >= 0.6 is 0 Å². The largest absolute Gasteiger partial charge is 0.327 e. The number of hydrogen-bond acceptors (Lipinski definition) is 3. The maximum atomic E-state index is 13.3. The van der Waals surface area contributed by atoms with Crippen molar-refractivity contribution in [1.82, 2.24) is 14.5 Å². The van der Waals surface area contributed by atoms with Crippen LogP contribution in [0.1, 0.15) is 21.7 Å². The molecular weight excluding hydrogens is 350 g/mol. The minimum absolute atomic E-state index is 0.103. The van der Waals surface area contributed by atoms with E-state index in [1.54, 1.807) is 27.7 Å². The van der Waals surface area contributed by atoms with Crippen LogP contribution in [0, 0.1) is 0 Å². The fourth-order valence-corrected chi connectivity index (χ4v) is 3.73. The summed E-state index contributed by atoms with van der Waals surface area (Å²) in [6, 6.07) is 24.4. The molecule has 0 bridgehead atoms. The van der Waals surface area contributed by atoms with E-state index in [4.69, 9.17) is 4.98 Å². The Morgan fingerprint density at radius 2 is 1.54 bits per heavy atom. The average molecular weight is 367 g/mol. The molecule has 0 radical (unpaired) electrons. The number of para-hydroxylation sites is 2. The van der Waals surface area contributed by atoms with Gasteiger partial charge in [-0.3, -0.25) is 14.2 Å². The fraction of sp³-hybridized carbons (Fsp3) is 0.0870. The van der Waals surface area contributed by atoms with Gasteiger partial charge in [0.2, 0.25) is 0 Å². The summed E-state index contributed by atoms with van der Waals surface area (Å²) in [4.78, 5) is 33.0. The second-order valence-electron chi connectivity index (χ2n) is 6.85. The highest BCUT2D eigenvalue weighted by Gasteiger charge is 2.28. The highest BCUT2D eigenvalue weighted by atomic mass is 16.2. The monoisotopic (exact) mass is 367 g/mol. The van der Waals surface area contributed by atoms with Gasteiger partial charge in [-0.05, 0) is 29.8 Å². The number of rotatable bonds is 2. The molecule has 1 aliphatic rings. The molecule has 0 saturated carbocycles. The zero-order valence-corrected chi connectivity index (χ0v) is 15.1. The van der Waals surface area contributed by atoms with E-state index in [-0.39, 0.29) is 18.0 Å². The fourth-order valence-electron chi connectivity index (χ4n) is 3.73. The topological polar surface area (TPSA) is 55.2 Å². The molecule has 5 nitrogen and oxygen atoms in total. The maximum Gasteiger partial charge on any atom is 0.266 e. The van der Waals surface area contributed by atoms with Gasteiger partial charge in [-0.25, -0.2) is 4.98 Å². The third-order valence-electron chi connectivity index (χ3n) is 5.06. The van der Waals surface area contributed by atoms with Gasteiger partial charge in [0.25, 0.3) is 11.5 Å². The summed E-state index contributed by atoms with van der Waals surface area (Å²) < 4.78 is 1.58. The lowest BCUT2D eigenvalue weighted by Gasteiger charge is -2.20.